The van der Waals surface area contributed by atoms with Crippen molar-refractivity contribution in [1.29, 1.82) is 0 Å². The number of aryl methyl sites for hydroxylation is 1. The van der Waals surface area contributed by atoms with E-state index >= 15 is 0 Å². The average Bonchev–Trinajstić information content (AvgIpc) is 3.21. The van der Waals surface area contributed by atoms with E-state index in [2.05, 4.69) is 5.32 Å². The normalized spacial score (nSPS) is 26.8. The highest BCUT2D eigenvalue weighted by Crippen LogP contribution is 2.44. The third-order valence-corrected chi connectivity index (χ3v) is 6.59. The average molecular weight is 473 g/mol. The van der Waals surface area contributed by atoms with Gasteiger partial charge >= 0.3 is 12.4 Å². The molecule has 0 amide bonds. The molecule has 2 heterocycles. The third kappa shape index (κ3) is 5.05. The van der Waals surface area contributed by atoms with Crippen LogP contribution in [0.4, 0.5) is 26.3 Å². The number of hydrogen-bond acceptors (Lipinski definition) is 3. The molecule has 0 bridgehead atoms. The molecule has 4 rings (SSSR count). The van der Waals surface area contributed by atoms with Gasteiger partial charge in [-0.2, -0.15) is 26.3 Å². The van der Waals surface area contributed by atoms with Crippen molar-refractivity contribution in [3.63, 3.8) is 0 Å². The molecule has 0 aromatic heterocycles. The lowest BCUT2D eigenvalue weighted by atomic mass is 9.76. The van der Waals surface area contributed by atoms with Crippen LogP contribution in [0.5, 0.6) is 0 Å². The van der Waals surface area contributed by atoms with Gasteiger partial charge in [-0.3, -0.25) is 0 Å². The predicted molar refractivity (Wildman–Crippen MR) is 109 cm³/mol. The van der Waals surface area contributed by atoms with Crippen LogP contribution < -0.4 is 5.32 Å². The van der Waals surface area contributed by atoms with E-state index < -0.39 is 35.9 Å². The molecular weight excluding hydrogens is 448 g/mol. The van der Waals surface area contributed by atoms with Gasteiger partial charge in [0.15, 0.2) is 6.29 Å². The molecule has 2 aromatic carbocycles. The molecule has 9 heteroatoms. The number of hydrogen-bond donors (Lipinski definition) is 1. The number of nitrogens with one attached hydrogen (secondary N) is 1. The Kier molecular flexibility index (Phi) is 6.50. The molecule has 0 saturated carbocycles. The highest BCUT2D eigenvalue weighted by atomic mass is 19.4. The number of halogens is 6. The number of rotatable bonds is 4. The van der Waals surface area contributed by atoms with E-state index in [1.165, 1.54) is 6.92 Å². The maximum atomic E-state index is 13.3. The second-order valence-corrected chi connectivity index (χ2v) is 8.78. The molecule has 2 unspecified atom stereocenters. The quantitative estimate of drug-likeness (QED) is 0.546. The van der Waals surface area contributed by atoms with Gasteiger partial charge in [0.2, 0.25) is 0 Å². The van der Waals surface area contributed by atoms with Crippen LogP contribution in [0.1, 0.15) is 46.8 Å². The van der Waals surface area contributed by atoms with Gasteiger partial charge in [0, 0.05) is 12.5 Å². The minimum absolute atomic E-state index is 0.123. The van der Waals surface area contributed by atoms with E-state index in [0.29, 0.717) is 18.7 Å². The maximum Gasteiger partial charge on any atom is 0.416 e. The van der Waals surface area contributed by atoms with Gasteiger partial charge < -0.3 is 14.8 Å². The zero-order valence-corrected chi connectivity index (χ0v) is 18.1. The summed E-state index contributed by atoms with van der Waals surface area (Å²) in [5, 5.41) is 3.35. The van der Waals surface area contributed by atoms with Gasteiger partial charge in [0.05, 0.1) is 23.8 Å². The van der Waals surface area contributed by atoms with Crippen molar-refractivity contribution in [2.45, 2.75) is 44.5 Å². The first kappa shape index (κ1) is 24.0. The fraction of sp³-hybridized carbons (Fsp3) is 0.500. The molecule has 33 heavy (non-hydrogen) atoms. The summed E-state index contributed by atoms with van der Waals surface area (Å²) in [6.07, 6.45) is -11.7. The molecule has 3 nitrogen and oxygen atoms in total. The molecule has 0 spiro atoms. The Morgan fingerprint density at radius 1 is 0.970 bits per heavy atom. The van der Waals surface area contributed by atoms with Gasteiger partial charge in [-0.05, 0) is 67.1 Å². The largest absolute Gasteiger partial charge is 0.416 e. The molecule has 1 N–H and O–H groups in total. The SMILES string of the molecule is Cc1ccccc1C1C(O[C@H](C)c2cc(C(F)(F)F)cc(C(F)(F)F)c2)OC[C@@H]2CNC[C@@H]12. The van der Waals surface area contributed by atoms with Crippen molar-refractivity contribution in [3.8, 4) is 0 Å². The first-order chi connectivity index (χ1) is 15.4. The summed E-state index contributed by atoms with van der Waals surface area (Å²) < 4.78 is 91.8. The van der Waals surface area contributed by atoms with Crippen molar-refractivity contribution in [3.05, 3.63) is 70.3 Å². The molecule has 5 atom stereocenters. The number of alkyl halides is 6. The summed E-state index contributed by atoms with van der Waals surface area (Å²) in [4.78, 5) is 0. The third-order valence-electron chi connectivity index (χ3n) is 6.59. The van der Waals surface area contributed by atoms with Crippen molar-refractivity contribution < 1.29 is 35.8 Å². The van der Waals surface area contributed by atoms with Gasteiger partial charge in [0.1, 0.15) is 0 Å². The van der Waals surface area contributed by atoms with Gasteiger partial charge in [-0.1, -0.05) is 24.3 Å². The molecular formula is C24H25F6NO2. The lowest BCUT2D eigenvalue weighted by Gasteiger charge is -2.41. The number of ether oxygens (including phenoxy) is 2. The van der Waals surface area contributed by atoms with Gasteiger partial charge in [0.25, 0.3) is 0 Å². The summed E-state index contributed by atoms with van der Waals surface area (Å²) in [6, 6.07) is 9.29. The first-order valence-corrected chi connectivity index (χ1v) is 10.8. The van der Waals surface area contributed by atoms with Crippen LogP contribution in [-0.4, -0.2) is 26.0 Å². The molecule has 2 aromatic rings. The Hall–Kier alpha value is -2.10. The van der Waals surface area contributed by atoms with E-state index in [1.54, 1.807) is 0 Å². The summed E-state index contributed by atoms with van der Waals surface area (Å²) in [5.41, 5.74) is -0.881. The molecule has 0 aliphatic carbocycles. The first-order valence-electron chi connectivity index (χ1n) is 10.8. The van der Waals surface area contributed by atoms with Crippen LogP contribution in [0.2, 0.25) is 0 Å². The lowest BCUT2D eigenvalue weighted by molar-refractivity contribution is -0.217. The topological polar surface area (TPSA) is 30.5 Å². The van der Waals surface area contributed by atoms with E-state index in [0.717, 1.165) is 24.2 Å². The van der Waals surface area contributed by atoms with E-state index in [1.807, 2.05) is 31.2 Å². The summed E-state index contributed by atoms with van der Waals surface area (Å²) in [7, 11) is 0. The Labute approximate surface area is 188 Å². The van der Waals surface area contributed by atoms with Crippen molar-refractivity contribution >= 4 is 0 Å². The minimum Gasteiger partial charge on any atom is -0.352 e. The van der Waals surface area contributed by atoms with Crippen molar-refractivity contribution in [2.24, 2.45) is 11.8 Å². The van der Waals surface area contributed by atoms with Gasteiger partial charge in [-0.25, -0.2) is 0 Å². The predicted octanol–water partition coefficient (Wildman–Crippen LogP) is 6.09. The minimum atomic E-state index is -4.91. The Bertz CT molecular complexity index is 957. The summed E-state index contributed by atoms with van der Waals surface area (Å²) in [6.45, 7) is 5.35. The van der Waals surface area contributed by atoms with Crippen LogP contribution in [0.25, 0.3) is 0 Å². The molecule has 2 saturated heterocycles. The van der Waals surface area contributed by atoms with Crippen molar-refractivity contribution in [1.82, 2.24) is 5.32 Å². The zero-order valence-electron chi connectivity index (χ0n) is 18.1. The fourth-order valence-corrected chi connectivity index (χ4v) is 4.84. The van der Waals surface area contributed by atoms with Crippen LogP contribution >= 0.6 is 0 Å². The highest BCUT2D eigenvalue weighted by Gasteiger charge is 2.45. The lowest BCUT2D eigenvalue weighted by Crippen LogP contribution is -2.42. The second-order valence-electron chi connectivity index (χ2n) is 8.78. The summed E-state index contributed by atoms with van der Waals surface area (Å²) >= 11 is 0. The standard InChI is InChI=1S/C24H25F6NO2/c1-13-5-3-4-6-19(13)21-20-11-31-10-16(20)12-32-22(21)33-14(2)15-7-17(23(25,26)27)9-18(8-15)24(28,29)30/h3-9,14,16,20-22,31H,10-12H2,1-2H3/t14-,16+,20-,21?,22?/m1/s1. The van der Waals surface area contributed by atoms with Crippen LogP contribution in [0, 0.1) is 18.8 Å². The number of benzene rings is 2. The Morgan fingerprint density at radius 2 is 1.61 bits per heavy atom. The van der Waals surface area contributed by atoms with Crippen LogP contribution in [0.3, 0.4) is 0 Å². The van der Waals surface area contributed by atoms with Crippen LogP contribution in [0.15, 0.2) is 42.5 Å². The molecule has 0 radical (unpaired) electrons. The smallest absolute Gasteiger partial charge is 0.352 e. The zero-order chi connectivity index (χ0) is 24.0. The fourth-order valence-electron chi connectivity index (χ4n) is 4.84. The molecule has 2 fully saturated rings. The molecule has 180 valence electrons. The Balaban J connectivity index is 1.67. The monoisotopic (exact) mass is 473 g/mol. The Morgan fingerprint density at radius 3 is 2.21 bits per heavy atom. The summed E-state index contributed by atoms with van der Waals surface area (Å²) in [5.74, 6) is 0.245. The van der Waals surface area contributed by atoms with Crippen LogP contribution in [-0.2, 0) is 21.8 Å². The van der Waals surface area contributed by atoms with E-state index in [-0.39, 0.29) is 29.4 Å². The molecule has 2 aliphatic rings. The number of fused-ring (bicyclic) bond motifs is 1. The molecule has 2 aliphatic heterocycles. The van der Waals surface area contributed by atoms with Crippen molar-refractivity contribution in [2.75, 3.05) is 19.7 Å². The highest BCUT2D eigenvalue weighted by molar-refractivity contribution is 5.35. The maximum absolute atomic E-state index is 13.3. The van der Waals surface area contributed by atoms with Gasteiger partial charge in [-0.15, -0.1) is 0 Å². The van der Waals surface area contributed by atoms with E-state index in [9.17, 15) is 26.3 Å². The van der Waals surface area contributed by atoms with E-state index in [4.69, 9.17) is 9.47 Å². The second kappa shape index (κ2) is 8.92.